The van der Waals surface area contributed by atoms with Gasteiger partial charge in [-0.3, -0.25) is 9.59 Å². The van der Waals surface area contributed by atoms with Crippen LogP contribution in [0.5, 0.6) is 5.75 Å². The molecule has 5 heteroatoms. The fourth-order valence-corrected chi connectivity index (χ4v) is 2.63. The van der Waals surface area contributed by atoms with Gasteiger partial charge in [-0.1, -0.05) is 30.3 Å². The molecule has 0 saturated heterocycles. The highest BCUT2D eigenvalue weighted by Gasteiger charge is 2.29. The number of hydrogen-bond acceptors (Lipinski definition) is 3. The predicted octanol–water partition coefficient (Wildman–Crippen LogP) is 2.90. The van der Waals surface area contributed by atoms with Gasteiger partial charge >= 0.3 is 0 Å². The van der Waals surface area contributed by atoms with Crippen molar-refractivity contribution in [1.82, 2.24) is 5.32 Å². The molecule has 3 rings (SSSR count). The summed E-state index contributed by atoms with van der Waals surface area (Å²) in [4.78, 5) is 24.0. The number of carbonyl (C=O) groups is 2. The summed E-state index contributed by atoms with van der Waals surface area (Å²) in [6, 6.07) is 15.0. The molecule has 1 aliphatic rings. The number of amides is 2. The first-order valence-electron chi connectivity index (χ1n) is 8.44. The number of hydrogen-bond donors (Lipinski definition) is 2. The van der Waals surface area contributed by atoms with Crippen molar-refractivity contribution < 1.29 is 14.3 Å². The van der Waals surface area contributed by atoms with E-state index in [0.29, 0.717) is 12.3 Å². The monoisotopic (exact) mass is 338 g/mol. The lowest BCUT2D eigenvalue weighted by atomic mass is 10.1. The summed E-state index contributed by atoms with van der Waals surface area (Å²) in [5.41, 5.74) is 2.57. The first-order valence-corrected chi connectivity index (χ1v) is 8.44. The minimum Gasteiger partial charge on any atom is -0.496 e. The standard InChI is InChI=1S/C20H22N2O3/c1-25-18-8-3-2-6-16(18)12-19(23)21-13-14-5-4-7-17(11-14)22-20(24)15-9-10-15/h2-8,11,15H,9-10,12-13H2,1H3,(H,21,23)(H,22,24). The fourth-order valence-electron chi connectivity index (χ4n) is 2.63. The van der Waals surface area contributed by atoms with Crippen LogP contribution in [0.1, 0.15) is 24.0 Å². The minimum absolute atomic E-state index is 0.0723. The third kappa shape index (κ3) is 4.83. The quantitative estimate of drug-likeness (QED) is 0.816. The zero-order valence-electron chi connectivity index (χ0n) is 14.2. The second kappa shape index (κ2) is 7.83. The number of benzene rings is 2. The van der Waals surface area contributed by atoms with Crippen molar-refractivity contribution in [2.75, 3.05) is 12.4 Å². The molecule has 0 heterocycles. The van der Waals surface area contributed by atoms with Crippen LogP contribution in [0.25, 0.3) is 0 Å². The largest absolute Gasteiger partial charge is 0.496 e. The summed E-state index contributed by atoms with van der Waals surface area (Å²) in [7, 11) is 1.60. The third-order valence-corrected chi connectivity index (χ3v) is 4.18. The predicted molar refractivity (Wildman–Crippen MR) is 96.3 cm³/mol. The number of para-hydroxylation sites is 1. The second-order valence-electron chi connectivity index (χ2n) is 6.23. The molecule has 1 saturated carbocycles. The highest BCUT2D eigenvalue weighted by molar-refractivity contribution is 5.94. The van der Waals surface area contributed by atoms with E-state index in [4.69, 9.17) is 4.74 Å². The molecule has 0 atom stereocenters. The van der Waals surface area contributed by atoms with Gasteiger partial charge in [0.1, 0.15) is 5.75 Å². The first kappa shape index (κ1) is 17.0. The van der Waals surface area contributed by atoms with Gasteiger partial charge < -0.3 is 15.4 Å². The second-order valence-corrected chi connectivity index (χ2v) is 6.23. The average molecular weight is 338 g/mol. The molecule has 130 valence electrons. The van der Waals surface area contributed by atoms with Crippen LogP contribution in [0.15, 0.2) is 48.5 Å². The molecule has 0 aromatic heterocycles. The smallest absolute Gasteiger partial charge is 0.227 e. The average Bonchev–Trinajstić information content (AvgIpc) is 3.46. The molecule has 0 unspecified atom stereocenters. The molecular weight excluding hydrogens is 316 g/mol. The SMILES string of the molecule is COc1ccccc1CC(=O)NCc1cccc(NC(=O)C2CC2)c1. The van der Waals surface area contributed by atoms with Gasteiger partial charge in [-0.2, -0.15) is 0 Å². The molecule has 25 heavy (non-hydrogen) atoms. The third-order valence-electron chi connectivity index (χ3n) is 4.18. The van der Waals surface area contributed by atoms with E-state index >= 15 is 0 Å². The number of rotatable bonds is 7. The van der Waals surface area contributed by atoms with Crippen molar-refractivity contribution in [3.8, 4) is 5.75 Å². The molecule has 2 aromatic rings. The minimum atomic E-state index is -0.0723. The van der Waals surface area contributed by atoms with Crippen LogP contribution in [0.2, 0.25) is 0 Å². The highest BCUT2D eigenvalue weighted by atomic mass is 16.5. The molecule has 1 fully saturated rings. The molecule has 5 nitrogen and oxygen atoms in total. The maximum Gasteiger partial charge on any atom is 0.227 e. The van der Waals surface area contributed by atoms with Gasteiger partial charge in [0.25, 0.3) is 0 Å². The van der Waals surface area contributed by atoms with Crippen LogP contribution in [-0.2, 0) is 22.6 Å². The van der Waals surface area contributed by atoms with Crippen LogP contribution in [-0.4, -0.2) is 18.9 Å². The maximum atomic E-state index is 12.2. The van der Waals surface area contributed by atoms with E-state index < -0.39 is 0 Å². The summed E-state index contributed by atoms with van der Waals surface area (Å²) >= 11 is 0. The normalized spacial score (nSPS) is 13.2. The molecular formula is C20H22N2O3. The van der Waals surface area contributed by atoms with Crippen molar-refractivity contribution >= 4 is 17.5 Å². The van der Waals surface area contributed by atoms with E-state index in [1.165, 1.54) is 0 Å². The Kier molecular flexibility index (Phi) is 5.33. The van der Waals surface area contributed by atoms with Gasteiger partial charge in [-0.25, -0.2) is 0 Å². The molecule has 0 aliphatic heterocycles. The Bertz CT molecular complexity index is 769. The molecule has 1 aliphatic carbocycles. The number of anilines is 1. The summed E-state index contributed by atoms with van der Waals surface area (Å²) in [6.45, 7) is 0.418. The van der Waals surface area contributed by atoms with Crippen molar-refractivity contribution in [3.05, 3.63) is 59.7 Å². The van der Waals surface area contributed by atoms with Crippen molar-refractivity contribution in [2.24, 2.45) is 5.92 Å². The lowest BCUT2D eigenvalue weighted by Crippen LogP contribution is -2.24. The van der Waals surface area contributed by atoms with E-state index in [1.807, 2.05) is 48.5 Å². The van der Waals surface area contributed by atoms with Gasteiger partial charge in [0, 0.05) is 23.7 Å². The molecule has 2 amide bonds. The van der Waals surface area contributed by atoms with E-state index in [1.54, 1.807) is 7.11 Å². The summed E-state index contributed by atoms with van der Waals surface area (Å²) in [6.07, 6.45) is 2.22. The Morgan fingerprint density at radius 1 is 1.12 bits per heavy atom. The van der Waals surface area contributed by atoms with E-state index in [-0.39, 0.29) is 24.2 Å². The summed E-state index contributed by atoms with van der Waals surface area (Å²) < 4.78 is 5.27. The molecule has 0 radical (unpaired) electrons. The lowest BCUT2D eigenvalue weighted by molar-refractivity contribution is -0.120. The van der Waals surface area contributed by atoms with E-state index in [0.717, 1.165) is 29.7 Å². The Balaban J connectivity index is 1.54. The number of ether oxygens (including phenoxy) is 1. The number of nitrogens with one attached hydrogen (secondary N) is 2. The first-order chi connectivity index (χ1) is 12.2. The van der Waals surface area contributed by atoms with Crippen LogP contribution < -0.4 is 15.4 Å². The van der Waals surface area contributed by atoms with Gasteiger partial charge in [-0.15, -0.1) is 0 Å². The van der Waals surface area contributed by atoms with Gasteiger partial charge in [0.05, 0.1) is 13.5 Å². The van der Waals surface area contributed by atoms with E-state index in [9.17, 15) is 9.59 Å². The molecule has 0 spiro atoms. The Labute approximate surface area is 147 Å². The summed E-state index contributed by atoms with van der Waals surface area (Å²) in [5, 5.41) is 5.83. The number of carbonyl (C=O) groups excluding carboxylic acids is 2. The van der Waals surface area contributed by atoms with Crippen molar-refractivity contribution in [2.45, 2.75) is 25.8 Å². The van der Waals surface area contributed by atoms with Crippen molar-refractivity contribution in [3.63, 3.8) is 0 Å². The van der Waals surface area contributed by atoms with Gasteiger partial charge in [0.15, 0.2) is 0 Å². The zero-order valence-corrected chi connectivity index (χ0v) is 14.2. The highest BCUT2D eigenvalue weighted by Crippen LogP contribution is 2.30. The molecule has 2 aromatic carbocycles. The number of methoxy groups -OCH3 is 1. The Morgan fingerprint density at radius 3 is 2.68 bits per heavy atom. The topological polar surface area (TPSA) is 67.4 Å². The fraction of sp³-hybridized carbons (Fsp3) is 0.300. The van der Waals surface area contributed by atoms with E-state index in [2.05, 4.69) is 10.6 Å². The van der Waals surface area contributed by atoms with Crippen LogP contribution >= 0.6 is 0 Å². The van der Waals surface area contributed by atoms with Gasteiger partial charge in [-0.05, 0) is 36.6 Å². The maximum absolute atomic E-state index is 12.2. The van der Waals surface area contributed by atoms with Crippen LogP contribution in [0.3, 0.4) is 0 Å². The molecule has 0 bridgehead atoms. The van der Waals surface area contributed by atoms with Crippen LogP contribution in [0, 0.1) is 5.92 Å². The lowest BCUT2D eigenvalue weighted by Gasteiger charge is -2.10. The Morgan fingerprint density at radius 2 is 1.92 bits per heavy atom. The van der Waals surface area contributed by atoms with Gasteiger partial charge in [0.2, 0.25) is 11.8 Å². The Hall–Kier alpha value is -2.82. The zero-order chi connectivity index (χ0) is 17.6. The van der Waals surface area contributed by atoms with Crippen LogP contribution in [0.4, 0.5) is 5.69 Å². The van der Waals surface area contributed by atoms with Crippen molar-refractivity contribution in [1.29, 1.82) is 0 Å². The summed E-state index contributed by atoms with van der Waals surface area (Å²) in [5.74, 6) is 0.890. The molecule has 2 N–H and O–H groups in total.